The lowest BCUT2D eigenvalue weighted by atomic mass is 10.7. The zero-order valence-electron chi connectivity index (χ0n) is 4.19. The monoisotopic (exact) mass is 145 g/mol. The van der Waals surface area contributed by atoms with E-state index >= 15 is 0 Å². The summed E-state index contributed by atoms with van der Waals surface area (Å²) in [6.45, 7) is 0. The Hall–Kier alpha value is -1.03. The molecule has 0 aliphatic rings. The van der Waals surface area contributed by atoms with Crippen LogP contribution in [-0.4, -0.2) is 9.97 Å². The molecule has 0 aliphatic carbocycles. The molecule has 0 aliphatic heterocycles. The minimum absolute atomic E-state index is 0.144. The number of hydrogen-bond donors (Lipinski definition) is 2. The zero-order chi connectivity index (χ0) is 6.85. The Morgan fingerprint density at radius 3 is 2.56 bits per heavy atom. The van der Waals surface area contributed by atoms with Crippen molar-refractivity contribution in [2.45, 2.75) is 0 Å². The number of nitrogens with one attached hydrogen (secondary N) is 2. The molecule has 1 heterocycles. The second-order valence-electron chi connectivity index (χ2n) is 1.35. The third-order valence-corrected chi connectivity index (χ3v) is 0.978. The molecule has 0 fully saturated rings. The van der Waals surface area contributed by atoms with Gasteiger partial charge in [0.2, 0.25) is 0 Å². The molecule has 0 spiro atoms. The van der Waals surface area contributed by atoms with Gasteiger partial charge in [-0.3, -0.25) is 9.78 Å². The van der Waals surface area contributed by atoms with E-state index in [0.717, 1.165) is 0 Å². The van der Waals surface area contributed by atoms with Crippen LogP contribution in [0.25, 0.3) is 0 Å². The molecule has 9 heavy (non-hydrogen) atoms. The number of halogens is 1. The highest BCUT2D eigenvalue weighted by atomic mass is 35.5. The molecule has 1 aromatic rings. The van der Waals surface area contributed by atoms with Gasteiger partial charge in [0.1, 0.15) is 5.02 Å². The second-order valence-corrected chi connectivity index (χ2v) is 1.73. The summed E-state index contributed by atoms with van der Waals surface area (Å²) >= 11 is 5.21. The molecule has 0 amide bonds. The Kier molecular flexibility index (Phi) is 1.40. The molecule has 1 radical (unpaired) electrons. The van der Waals surface area contributed by atoms with Crippen molar-refractivity contribution in [3.05, 3.63) is 32.1 Å². The number of rotatable bonds is 0. The lowest BCUT2D eigenvalue weighted by molar-refractivity contribution is 1.03. The largest absolute Gasteiger partial charge is 0.326 e. The van der Waals surface area contributed by atoms with E-state index in [1.807, 2.05) is 4.98 Å². The highest BCUT2D eigenvalue weighted by molar-refractivity contribution is 6.30. The van der Waals surface area contributed by atoms with Crippen LogP contribution in [-0.2, 0) is 0 Å². The third kappa shape index (κ3) is 1.20. The average molecular weight is 146 g/mol. The smallest absolute Gasteiger partial charge is 0.304 e. The topological polar surface area (TPSA) is 65.7 Å². The van der Waals surface area contributed by atoms with Crippen LogP contribution in [0, 0.1) is 6.20 Å². The Bertz CT molecular complexity index is 313. The van der Waals surface area contributed by atoms with E-state index in [1.165, 1.54) is 0 Å². The molecule has 0 saturated carbocycles. The van der Waals surface area contributed by atoms with Gasteiger partial charge in [-0.05, 0) is 0 Å². The summed E-state index contributed by atoms with van der Waals surface area (Å²) in [5.41, 5.74) is -1.23. The average Bonchev–Trinajstić information content (AvgIpc) is 1.80. The number of aromatic amines is 2. The Morgan fingerprint density at radius 1 is 1.44 bits per heavy atom. The molecule has 4 nitrogen and oxygen atoms in total. The van der Waals surface area contributed by atoms with E-state index in [0.29, 0.717) is 0 Å². The van der Waals surface area contributed by atoms with Gasteiger partial charge >= 0.3 is 5.69 Å². The van der Waals surface area contributed by atoms with E-state index in [-0.39, 0.29) is 5.02 Å². The summed E-state index contributed by atoms with van der Waals surface area (Å²) in [7, 11) is 0. The Labute approximate surface area is 54.5 Å². The van der Waals surface area contributed by atoms with Crippen LogP contribution in [0.5, 0.6) is 0 Å². The summed E-state index contributed by atoms with van der Waals surface area (Å²) < 4.78 is 0. The van der Waals surface area contributed by atoms with Crippen molar-refractivity contribution in [2.75, 3.05) is 0 Å². The van der Waals surface area contributed by atoms with E-state index in [1.54, 1.807) is 0 Å². The van der Waals surface area contributed by atoms with Crippen LogP contribution in [0.4, 0.5) is 0 Å². The van der Waals surface area contributed by atoms with E-state index in [9.17, 15) is 9.59 Å². The van der Waals surface area contributed by atoms with E-state index in [2.05, 4.69) is 11.2 Å². The van der Waals surface area contributed by atoms with Crippen LogP contribution in [0.3, 0.4) is 0 Å². The number of hydrogen-bond acceptors (Lipinski definition) is 2. The highest BCUT2D eigenvalue weighted by Crippen LogP contribution is 1.89. The normalized spacial score (nSPS) is 9.44. The van der Waals surface area contributed by atoms with E-state index in [4.69, 9.17) is 11.6 Å². The molecule has 0 unspecified atom stereocenters. The van der Waals surface area contributed by atoms with E-state index < -0.39 is 11.2 Å². The molecule has 0 saturated heterocycles. The minimum atomic E-state index is -0.625. The highest BCUT2D eigenvalue weighted by Gasteiger charge is 1.92. The third-order valence-electron chi connectivity index (χ3n) is 0.712. The molecule has 0 atom stereocenters. The maximum atomic E-state index is 10.4. The zero-order valence-corrected chi connectivity index (χ0v) is 4.95. The molecule has 0 aromatic carbocycles. The van der Waals surface area contributed by atoms with Crippen LogP contribution < -0.4 is 11.2 Å². The van der Waals surface area contributed by atoms with Gasteiger partial charge in [0.05, 0.1) is 6.20 Å². The minimum Gasteiger partial charge on any atom is -0.304 e. The molecule has 47 valence electrons. The molecular formula is C4H2ClN2O2. The maximum Gasteiger partial charge on any atom is 0.326 e. The molecule has 5 heteroatoms. The van der Waals surface area contributed by atoms with Crippen molar-refractivity contribution in [1.29, 1.82) is 0 Å². The first-order valence-corrected chi connectivity index (χ1v) is 2.48. The molecule has 2 N–H and O–H groups in total. The predicted molar refractivity (Wildman–Crippen MR) is 31.5 cm³/mol. The van der Waals surface area contributed by atoms with Crippen molar-refractivity contribution in [1.82, 2.24) is 9.97 Å². The first-order valence-electron chi connectivity index (χ1n) is 2.10. The van der Waals surface area contributed by atoms with Crippen LogP contribution in [0.2, 0.25) is 5.02 Å². The van der Waals surface area contributed by atoms with Gasteiger partial charge in [-0.15, -0.1) is 0 Å². The number of aromatic nitrogens is 2. The van der Waals surface area contributed by atoms with Gasteiger partial charge in [0, 0.05) is 0 Å². The van der Waals surface area contributed by atoms with Crippen molar-refractivity contribution in [2.24, 2.45) is 0 Å². The van der Waals surface area contributed by atoms with Crippen molar-refractivity contribution < 1.29 is 0 Å². The standard InChI is InChI=1S/C4H2ClN2O2/c5-2-1-6-4(9)7-3(2)8/h(H2,6,7,8,9). The van der Waals surface area contributed by atoms with Crippen LogP contribution in [0.15, 0.2) is 9.59 Å². The fourth-order valence-corrected chi connectivity index (χ4v) is 0.452. The van der Waals surface area contributed by atoms with Gasteiger partial charge in [0.25, 0.3) is 5.56 Å². The fraction of sp³-hybridized carbons (Fsp3) is 0. The second kappa shape index (κ2) is 2.06. The molecular weight excluding hydrogens is 144 g/mol. The quantitative estimate of drug-likeness (QED) is 0.518. The van der Waals surface area contributed by atoms with Gasteiger partial charge in [-0.2, -0.15) is 0 Å². The molecule has 1 rings (SSSR count). The van der Waals surface area contributed by atoms with Gasteiger partial charge < -0.3 is 4.98 Å². The summed E-state index contributed by atoms with van der Waals surface area (Å²) in [4.78, 5) is 24.6. The van der Waals surface area contributed by atoms with Gasteiger partial charge in [0.15, 0.2) is 0 Å². The SMILES string of the molecule is O=c1[nH][c]c(Cl)c(=O)[nH]1. The summed E-state index contributed by atoms with van der Waals surface area (Å²) in [5, 5.41) is -0.144. The van der Waals surface area contributed by atoms with Crippen LogP contribution >= 0.6 is 11.6 Å². The van der Waals surface area contributed by atoms with Gasteiger partial charge in [-0.25, -0.2) is 4.79 Å². The Balaban J connectivity index is 3.52. The Morgan fingerprint density at radius 2 is 2.11 bits per heavy atom. The molecule has 1 aromatic heterocycles. The first-order chi connectivity index (χ1) is 4.20. The fourth-order valence-electron chi connectivity index (χ4n) is 0.358. The lowest BCUT2D eigenvalue weighted by Gasteiger charge is -1.81. The maximum absolute atomic E-state index is 10.4. The summed E-state index contributed by atoms with van der Waals surface area (Å²) in [6, 6.07) is 0. The van der Waals surface area contributed by atoms with Crippen molar-refractivity contribution in [3.63, 3.8) is 0 Å². The number of H-pyrrole nitrogens is 2. The first kappa shape index (κ1) is 6.10. The summed E-state index contributed by atoms with van der Waals surface area (Å²) in [6.07, 6.45) is 2.15. The predicted octanol–water partition coefficient (Wildman–Crippen LogP) is -0.483. The van der Waals surface area contributed by atoms with Gasteiger partial charge in [-0.1, -0.05) is 11.6 Å². The lowest BCUT2D eigenvalue weighted by Crippen LogP contribution is -2.21. The van der Waals surface area contributed by atoms with Crippen molar-refractivity contribution >= 4 is 11.6 Å². The molecule has 0 bridgehead atoms. The van der Waals surface area contributed by atoms with Crippen molar-refractivity contribution in [3.8, 4) is 0 Å². The van der Waals surface area contributed by atoms with Crippen LogP contribution in [0.1, 0.15) is 0 Å². The summed E-state index contributed by atoms with van der Waals surface area (Å²) in [5.74, 6) is 0.